The molecule has 0 aliphatic carbocycles. The number of piperazine rings is 1. The summed E-state index contributed by atoms with van der Waals surface area (Å²) >= 11 is 0. The van der Waals surface area contributed by atoms with Crippen molar-refractivity contribution in [1.82, 2.24) is 9.80 Å². The summed E-state index contributed by atoms with van der Waals surface area (Å²) in [6.07, 6.45) is 0.779. The van der Waals surface area contributed by atoms with Crippen molar-refractivity contribution in [3.63, 3.8) is 0 Å². The zero-order valence-electron chi connectivity index (χ0n) is 6.77. The van der Waals surface area contributed by atoms with E-state index < -0.39 is 6.61 Å². The summed E-state index contributed by atoms with van der Waals surface area (Å²) in [6.45, 7) is 1.74. The zero-order chi connectivity index (χ0) is 8.97. The fourth-order valence-corrected chi connectivity index (χ4v) is 1.18. The topological polar surface area (TPSA) is 60.9 Å². The number of aliphatic hydroxyl groups is 1. The second kappa shape index (κ2) is 4.06. The number of hydrogen-bond acceptors (Lipinski definition) is 3. The second-order valence-electron chi connectivity index (χ2n) is 2.68. The molecule has 0 radical (unpaired) electrons. The van der Waals surface area contributed by atoms with E-state index in [1.807, 2.05) is 0 Å². The Morgan fingerprint density at radius 1 is 1.33 bits per heavy atom. The van der Waals surface area contributed by atoms with Gasteiger partial charge in [0.25, 0.3) is 0 Å². The standard InChI is InChI=1S/C7H12N2O3/c10-5-7(12)9-3-1-8(6-11)2-4-9/h6,10H,1-5H2. The fourth-order valence-electron chi connectivity index (χ4n) is 1.18. The molecule has 1 aliphatic heterocycles. The molecule has 0 atom stereocenters. The molecule has 0 aromatic heterocycles. The number of rotatable bonds is 2. The van der Waals surface area contributed by atoms with E-state index in [1.165, 1.54) is 0 Å². The Morgan fingerprint density at radius 3 is 2.33 bits per heavy atom. The van der Waals surface area contributed by atoms with Gasteiger partial charge in [-0.25, -0.2) is 0 Å². The molecule has 1 N–H and O–H groups in total. The molecule has 2 amide bonds. The van der Waals surface area contributed by atoms with Crippen molar-refractivity contribution in [3.05, 3.63) is 0 Å². The first kappa shape index (κ1) is 8.99. The van der Waals surface area contributed by atoms with Crippen LogP contribution in [-0.4, -0.2) is 60.0 Å². The van der Waals surface area contributed by atoms with Gasteiger partial charge in [0.2, 0.25) is 12.3 Å². The van der Waals surface area contributed by atoms with Crippen molar-refractivity contribution in [1.29, 1.82) is 0 Å². The predicted octanol–water partition coefficient (Wildman–Crippen LogP) is -1.72. The molecule has 5 heteroatoms. The van der Waals surface area contributed by atoms with Crippen molar-refractivity contribution < 1.29 is 14.7 Å². The minimum atomic E-state index is -0.443. The smallest absolute Gasteiger partial charge is 0.248 e. The molecule has 0 saturated carbocycles. The Bertz CT molecular complexity index is 175. The molecular formula is C7H12N2O3. The molecule has 0 aromatic carbocycles. The third-order valence-electron chi connectivity index (χ3n) is 1.95. The predicted molar refractivity (Wildman–Crippen MR) is 41.3 cm³/mol. The van der Waals surface area contributed by atoms with Crippen LogP contribution in [0, 0.1) is 0 Å². The molecule has 1 fully saturated rings. The van der Waals surface area contributed by atoms with Gasteiger partial charge in [0.05, 0.1) is 0 Å². The van der Waals surface area contributed by atoms with E-state index in [-0.39, 0.29) is 5.91 Å². The van der Waals surface area contributed by atoms with Crippen LogP contribution in [0.3, 0.4) is 0 Å². The summed E-state index contributed by atoms with van der Waals surface area (Å²) in [5.41, 5.74) is 0. The van der Waals surface area contributed by atoms with Crippen molar-refractivity contribution in [2.75, 3.05) is 32.8 Å². The van der Waals surface area contributed by atoms with E-state index >= 15 is 0 Å². The summed E-state index contributed by atoms with van der Waals surface area (Å²) in [5.74, 6) is -0.263. The molecule has 0 unspecified atom stereocenters. The number of carbonyl (C=O) groups excluding carboxylic acids is 2. The molecular weight excluding hydrogens is 160 g/mol. The van der Waals surface area contributed by atoms with Crippen LogP contribution >= 0.6 is 0 Å². The van der Waals surface area contributed by atoms with Crippen LogP contribution in [0.1, 0.15) is 0 Å². The van der Waals surface area contributed by atoms with Gasteiger partial charge in [0.15, 0.2) is 0 Å². The van der Waals surface area contributed by atoms with Gasteiger partial charge >= 0.3 is 0 Å². The third kappa shape index (κ3) is 1.94. The highest BCUT2D eigenvalue weighted by Crippen LogP contribution is 1.98. The Hall–Kier alpha value is -1.10. The average molecular weight is 172 g/mol. The normalized spacial score (nSPS) is 17.8. The van der Waals surface area contributed by atoms with E-state index in [0.29, 0.717) is 26.2 Å². The highest BCUT2D eigenvalue weighted by atomic mass is 16.3. The van der Waals surface area contributed by atoms with Gasteiger partial charge in [0, 0.05) is 26.2 Å². The minimum Gasteiger partial charge on any atom is -0.387 e. The monoisotopic (exact) mass is 172 g/mol. The lowest BCUT2D eigenvalue weighted by molar-refractivity contribution is -0.137. The molecule has 5 nitrogen and oxygen atoms in total. The van der Waals surface area contributed by atoms with Gasteiger partial charge in [0.1, 0.15) is 6.61 Å². The molecule has 68 valence electrons. The summed E-state index contributed by atoms with van der Waals surface area (Å²) < 4.78 is 0. The molecule has 1 aliphatic rings. The highest BCUT2D eigenvalue weighted by Gasteiger charge is 2.18. The van der Waals surface area contributed by atoms with Crippen molar-refractivity contribution >= 4 is 12.3 Å². The second-order valence-corrected chi connectivity index (χ2v) is 2.68. The Morgan fingerprint density at radius 2 is 1.92 bits per heavy atom. The Labute approximate surface area is 70.6 Å². The molecule has 1 rings (SSSR count). The molecule has 0 bridgehead atoms. The van der Waals surface area contributed by atoms with Gasteiger partial charge in [-0.2, -0.15) is 0 Å². The summed E-state index contributed by atoms with van der Waals surface area (Å²) in [5, 5.41) is 8.54. The van der Waals surface area contributed by atoms with Gasteiger partial charge in [-0.15, -0.1) is 0 Å². The van der Waals surface area contributed by atoms with Crippen LogP contribution in [0.4, 0.5) is 0 Å². The van der Waals surface area contributed by atoms with Crippen LogP contribution < -0.4 is 0 Å². The van der Waals surface area contributed by atoms with Crippen LogP contribution in [0.15, 0.2) is 0 Å². The lowest BCUT2D eigenvalue weighted by Gasteiger charge is -2.32. The zero-order valence-corrected chi connectivity index (χ0v) is 6.77. The molecule has 0 aromatic rings. The summed E-state index contributed by atoms with van der Waals surface area (Å²) in [4.78, 5) is 24.4. The number of hydrogen-bond donors (Lipinski definition) is 1. The SMILES string of the molecule is O=CN1CCN(C(=O)CO)CC1. The van der Waals surface area contributed by atoms with Gasteiger partial charge in [-0.3, -0.25) is 9.59 Å². The number of amides is 2. The maximum absolute atomic E-state index is 10.9. The molecule has 0 spiro atoms. The number of nitrogens with zero attached hydrogens (tertiary/aromatic N) is 2. The van der Waals surface area contributed by atoms with Gasteiger partial charge in [-0.1, -0.05) is 0 Å². The van der Waals surface area contributed by atoms with Crippen LogP contribution in [0.25, 0.3) is 0 Å². The Kier molecular flexibility index (Phi) is 3.04. The maximum Gasteiger partial charge on any atom is 0.248 e. The first-order chi connectivity index (χ1) is 5.77. The van der Waals surface area contributed by atoms with Crippen molar-refractivity contribution in [3.8, 4) is 0 Å². The highest BCUT2D eigenvalue weighted by molar-refractivity contribution is 5.77. The lowest BCUT2D eigenvalue weighted by Crippen LogP contribution is -2.48. The van der Waals surface area contributed by atoms with Crippen LogP contribution in [0.2, 0.25) is 0 Å². The summed E-state index contributed by atoms with van der Waals surface area (Å²) in [7, 11) is 0. The van der Waals surface area contributed by atoms with Gasteiger partial charge < -0.3 is 14.9 Å². The largest absolute Gasteiger partial charge is 0.387 e. The van der Waals surface area contributed by atoms with E-state index in [9.17, 15) is 9.59 Å². The number of carbonyl (C=O) groups is 2. The Balaban J connectivity index is 2.35. The van der Waals surface area contributed by atoms with E-state index in [0.717, 1.165) is 6.41 Å². The van der Waals surface area contributed by atoms with Crippen molar-refractivity contribution in [2.45, 2.75) is 0 Å². The lowest BCUT2D eigenvalue weighted by atomic mass is 10.3. The fraction of sp³-hybridized carbons (Fsp3) is 0.714. The number of aliphatic hydroxyl groups excluding tert-OH is 1. The minimum absolute atomic E-state index is 0.263. The first-order valence-electron chi connectivity index (χ1n) is 3.86. The third-order valence-corrected chi connectivity index (χ3v) is 1.95. The molecule has 12 heavy (non-hydrogen) atoms. The molecule has 1 heterocycles. The molecule has 1 saturated heterocycles. The maximum atomic E-state index is 10.9. The van der Waals surface area contributed by atoms with E-state index in [1.54, 1.807) is 9.80 Å². The summed E-state index contributed by atoms with van der Waals surface area (Å²) in [6, 6.07) is 0. The van der Waals surface area contributed by atoms with Crippen LogP contribution in [0.5, 0.6) is 0 Å². The van der Waals surface area contributed by atoms with E-state index in [2.05, 4.69) is 0 Å². The quantitative estimate of drug-likeness (QED) is 0.504. The van der Waals surface area contributed by atoms with Crippen LogP contribution in [-0.2, 0) is 9.59 Å². The van der Waals surface area contributed by atoms with E-state index in [4.69, 9.17) is 5.11 Å². The van der Waals surface area contributed by atoms with Gasteiger partial charge in [-0.05, 0) is 0 Å². The average Bonchev–Trinajstić information content (AvgIpc) is 2.17. The first-order valence-corrected chi connectivity index (χ1v) is 3.86. The van der Waals surface area contributed by atoms with Crippen molar-refractivity contribution in [2.24, 2.45) is 0 Å².